The van der Waals surface area contributed by atoms with Crippen molar-refractivity contribution in [1.82, 2.24) is 25.2 Å². The van der Waals surface area contributed by atoms with E-state index in [1.165, 1.54) is 18.8 Å². The fourth-order valence-corrected chi connectivity index (χ4v) is 3.18. The number of aryl methyl sites for hydroxylation is 1. The van der Waals surface area contributed by atoms with Crippen molar-refractivity contribution in [2.75, 3.05) is 13.7 Å². The number of hydrogen-bond donors (Lipinski definition) is 1. The Morgan fingerprint density at radius 1 is 1.28 bits per heavy atom. The van der Waals surface area contributed by atoms with E-state index in [4.69, 9.17) is 9.47 Å². The van der Waals surface area contributed by atoms with Crippen molar-refractivity contribution in [3.8, 4) is 17.4 Å². The number of rotatable bonds is 7. The first kappa shape index (κ1) is 20.7. The average Bonchev–Trinajstić information content (AvgIpc) is 3.27. The first-order chi connectivity index (χ1) is 13.8. The highest BCUT2D eigenvalue weighted by Crippen LogP contribution is 2.32. The molecule has 2 aromatic heterocycles. The molecule has 0 spiro atoms. The second kappa shape index (κ2) is 8.56. The van der Waals surface area contributed by atoms with Crippen molar-refractivity contribution >= 4 is 27.7 Å². The van der Waals surface area contributed by atoms with E-state index >= 15 is 0 Å². The van der Waals surface area contributed by atoms with Crippen LogP contribution in [0.1, 0.15) is 34.0 Å². The quantitative estimate of drug-likeness (QED) is 0.425. The first-order valence-electron chi connectivity index (χ1n) is 8.80. The highest BCUT2D eigenvalue weighted by atomic mass is 79.9. The third-order valence-electron chi connectivity index (χ3n) is 4.35. The molecule has 1 N–H and O–H groups in total. The van der Waals surface area contributed by atoms with Gasteiger partial charge in [0, 0.05) is 17.0 Å². The van der Waals surface area contributed by atoms with E-state index in [-0.39, 0.29) is 24.9 Å². The summed E-state index contributed by atoms with van der Waals surface area (Å²) in [4.78, 5) is 28.4. The van der Waals surface area contributed by atoms with Crippen LogP contribution in [-0.4, -0.2) is 50.7 Å². The number of aromatic nitrogens is 5. The van der Waals surface area contributed by atoms with Crippen molar-refractivity contribution in [3.63, 3.8) is 0 Å². The minimum Gasteiger partial charge on any atom is -0.482 e. The lowest BCUT2D eigenvalue weighted by Gasteiger charge is -2.06. The molecule has 0 amide bonds. The summed E-state index contributed by atoms with van der Waals surface area (Å²) in [5.41, 5.74) is 3.18. The molecule has 0 atom stereocenters. The Labute approximate surface area is 175 Å². The van der Waals surface area contributed by atoms with Gasteiger partial charge in [-0.15, -0.1) is 10.2 Å². The maximum Gasteiger partial charge on any atom is 0.302 e. The summed E-state index contributed by atoms with van der Waals surface area (Å²) in [6.07, 6.45) is 0. The van der Waals surface area contributed by atoms with Crippen molar-refractivity contribution in [3.05, 3.63) is 44.9 Å². The normalized spacial score (nSPS) is 10.8. The van der Waals surface area contributed by atoms with E-state index in [2.05, 4.69) is 36.3 Å². The topological polar surface area (TPSA) is 112 Å². The van der Waals surface area contributed by atoms with Gasteiger partial charge in [0.2, 0.25) is 11.7 Å². The van der Waals surface area contributed by atoms with Crippen LogP contribution in [0.4, 0.5) is 0 Å². The number of nitrogens with zero attached hydrogens (tertiary/aromatic N) is 4. The molecular weight excluding hydrogens is 442 g/mol. The summed E-state index contributed by atoms with van der Waals surface area (Å²) in [6, 6.07) is 5.44. The van der Waals surface area contributed by atoms with Gasteiger partial charge in [0.1, 0.15) is 6.61 Å². The van der Waals surface area contributed by atoms with E-state index in [1.54, 1.807) is 19.1 Å². The Morgan fingerprint density at radius 3 is 2.69 bits per heavy atom. The molecule has 10 heteroatoms. The number of esters is 1. The smallest absolute Gasteiger partial charge is 0.302 e. The van der Waals surface area contributed by atoms with Gasteiger partial charge in [-0.3, -0.25) is 9.59 Å². The fourth-order valence-electron chi connectivity index (χ4n) is 2.80. The summed E-state index contributed by atoms with van der Waals surface area (Å²) in [7, 11) is 1.49. The summed E-state index contributed by atoms with van der Waals surface area (Å²) < 4.78 is 11.1. The number of tetrazole rings is 1. The van der Waals surface area contributed by atoms with E-state index in [0.29, 0.717) is 34.1 Å². The number of carbonyl (C=O) groups excluding carboxylic acids is 2. The zero-order valence-corrected chi connectivity index (χ0v) is 18.0. The molecule has 0 aliphatic rings. The van der Waals surface area contributed by atoms with Gasteiger partial charge in [-0.25, -0.2) is 0 Å². The average molecular weight is 462 g/mol. The highest BCUT2D eigenvalue weighted by molar-refractivity contribution is 9.10. The van der Waals surface area contributed by atoms with Crippen LogP contribution in [-0.2, 0) is 16.1 Å². The minimum absolute atomic E-state index is 0.143. The number of methoxy groups -OCH3 is 1. The predicted octanol–water partition coefficient (Wildman–Crippen LogP) is 2.85. The number of hydrogen-bond acceptors (Lipinski definition) is 7. The zero-order chi connectivity index (χ0) is 21.1. The number of nitrogens with one attached hydrogen (secondary N) is 1. The number of ether oxygens (including phenoxy) is 2. The number of benzene rings is 1. The second-order valence-electron chi connectivity index (χ2n) is 6.38. The lowest BCUT2D eigenvalue weighted by Crippen LogP contribution is -2.11. The van der Waals surface area contributed by atoms with Crippen molar-refractivity contribution in [2.45, 2.75) is 27.3 Å². The summed E-state index contributed by atoms with van der Waals surface area (Å²) in [5.74, 6) is 0.0919. The van der Waals surface area contributed by atoms with Gasteiger partial charge in [-0.2, -0.15) is 4.80 Å². The molecule has 0 bridgehead atoms. The predicted molar refractivity (Wildman–Crippen MR) is 108 cm³/mol. The minimum atomic E-state index is -0.374. The Balaban J connectivity index is 1.92. The number of halogens is 1. The third-order valence-corrected chi connectivity index (χ3v) is 5.21. The largest absolute Gasteiger partial charge is 0.482 e. The number of aromatic amines is 1. The van der Waals surface area contributed by atoms with E-state index < -0.39 is 0 Å². The third kappa shape index (κ3) is 4.37. The molecule has 9 nitrogen and oxygen atoms in total. The zero-order valence-electron chi connectivity index (χ0n) is 16.4. The number of ketones is 1. The molecule has 0 fully saturated rings. The van der Waals surface area contributed by atoms with Crippen molar-refractivity contribution in [1.29, 1.82) is 0 Å². The number of H-pyrrole nitrogens is 1. The molecule has 0 aliphatic carbocycles. The maximum absolute atomic E-state index is 13.1. The molecule has 29 heavy (non-hydrogen) atoms. The standard InChI is InChI=1S/C19H20BrN5O4/c1-10-5-6-13(9-14(10)20)17(27)15-11(2)16(21-19(15)28-4)18-22-24-25(23-18)7-8-29-12(3)26/h5-6,9,21H,7-8H2,1-4H3. The van der Waals surface area contributed by atoms with Crippen molar-refractivity contribution in [2.24, 2.45) is 0 Å². The van der Waals surface area contributed by atoms with E-state index in [9.17, 15) is 9.59 Å². The lowest BCUT2D eigenvalue weighted by molar-refractivity contribution is -0.141. The van der Waals surface area contributed by atoms with Gasteiger partial charge < -0.3 is 14.5 Å². The Bertz CT molecular complexity index is 1070. The lowest BCUT2D eigenvalue weighted by atomic mass is 10.0. The van der Waals surface area contributed by atoms with Gasteiger partial charge in [0.25, 0.3) is 0 Å². The highest BCUT2D eigenvalue weighted by Gasteiger charge is 2.25. The first-order valence-corrected chi connectivity index (χ1v) is 9.60. The van der Waals surface area contributed by atoms with Gasteiger partial charge in [-0.1, -0.05) is 28.1 Å². The summed E-state index contributed by atoms with van der Waals surface area (Å²) >= 11 is 3.46. The fraction of sp³-hybridized carbons (Fsp3) is 0.316. The molecule has 0 unspecified atom stereocenters. The molecule has 3 aromatic rings. The van der Waals surface area contributed by atoms with Gasteiger partial charge in [0.05, 0.1) is 24.9 Å². The van der Waals surface area contributed by atoms with Crippen LogP contribution >= 0.6 is 15.9 Å². The second-order valence-corrected chi connectivity index (χ2v) is 7.23. The van der Waals surface area contributed by atoms with Crippen LogP contribution in [0.3, 0.4) is 0 Å². The number of carbonyl (C=O) groups is 2. The maximum atomic E-state index is 13.1. The summed E-state index contributed by atoms with van der Waals surface area (Å²) in [5, 5.41) is 12.3. The summed E-state index contributed by atoms with van der Waals surface area (Å²) in [6.45, 7) is 5.50. The van der Waals surface area contributed by atoms with Crippen LogP contribution < -0.4 is 4.74 Å². The molecule has 152 valence electrons. The van der Waals surface area contributed by atoms with Crippen LogP contribution in [0.15, 0.2) is 22.7 Å². The van der Waals surface area contributed by atoms with Crippen LogP contribution in [0.2, 0.25) is 0 Å². The molecule has 0 saturated carbocycles. The van der Waals surface area contributed by atoms with E-state index in [1.807, 2.05) is 13.0 Å². The van der Waals surface area contributed by atoms with E-state index in [0.717, 1.165) is 10.0 Å². The Hall–Kier alpha value is -3.01. The molecule has 0 radical (unpaired) electrons. The van der Waals surface area contributed by atoms with Crippen molar-refractivity contribution < 1.29 is 19.1 Å². The van der Waals surface area contributed by atoms with Crippen LogP contribution in [0.25, 0.3) is 11.5 Å². The SMILES string of the molecule is COc1[nH]c(-c2nnn(CCOC(C)=O)n2)c(C)c1C(=O)c1ccc(C)c(Br)c1. The van der Waals surface area contributed by atoms with Crippen LogP contribution in [0, 0.1) is 13.8 Å². The molecule has 0 saturated heterocycles. The molecule has 0 aliphatic heterocycles. The Morgan fingerprint density at radius 2 is 2.03 bits per heavy atom. The van der Waals surface area contributed by atoms with Gasteiger partial charge in [0.15, 0.2) is 5.78 Å². The molecule has 3 rings (SSSR count). The molecule has 1 aromatic carbocycles. The van der Waals surface area contributed by atoms with Gasteiger partial charge in [-0.05, 0) is 36.3 Å². The molecular formula is C19H20BrN5O4. The molecule has 2 heterocycles. The van der Waals surface area contributed by atoms with Crippen LogP contribution in [0.5, 0.6) is 5.88 Å². The Kier molecular flexibility index (Phi) is 6.12. The monoisotopic (exact) mass is 461 g/mol. The van der Waals surface area contributed by atoms with Gasteiger partial charge >= 0.3 is 5.97 Å².